The standard InChI is InChI=1S/C14H20N2O.ClH/c15-11-12-5-7-13(8-6-12)14(17)16-9-3-1-2-4-10-16;/h5-8H,1-4,9-11,15H2;1H. The maximum atomic E-state index is 12.2. The summed E-state index contributed by atoms with van der Waals surface area (Å²) in [7, 11) is 0. The fourth-order valence-corrected chi connectivity index (χ4v) is 2.24. The average Bonchev–Trinajstić information content (AvgIpc) is 2.67. The van der Waals surface area contributed by atoms with Crippen LogP contribution in [0.25, 0.3) is 0 Å². The number of carbonyl (C=O) groups is 1. The molecule has 0 bridgehead atoms. The molecule has 0 aromatic heterocycles. The molecule has 1 heterocycles. The van der Waals surface area contributed by atoms with Crippen LogP contribution in [-0.2, 0) is 6.54 Å². The van der Waals surface area contributed by atoms with E-state index in [-0.39, 0.29) is 18.3 Å². The van der Waals surface area contributed by atoms with E-state index in [1.54, 1.807) is 0 Å². The minimum atomic E-state index is 0. The molecule has 1 saturated heterocycles. The summed E-state index contributed by atoms with van der Waals surface area (Å²) in [4.78, 5) is 14.2. The SMILES string of the molecule is Cl.NCc1ccc(C(=O)N2CCCCCC2)cc1. The van der Waals surface area contributed by atoms with Gasteiger partial charge in [0, 0.05) is 25.2 Å². The van der Waals surface area contributed by atoms with Crippen LogP contribution >= 0.6 is 12.4 Å². The molecule has 0 spiro atoms. The molecule has 1 aromatic rings. The van der Waals surface area contributed by atoms with Crippen LogP contribution < -0.4 is 5.73 Å². The van der Waals surface area contributed by atoms with Crippen LogP contribution in [0.4, 0.5) is 0 Å². The van der Waals surface area contributed by atoms with Crippen molar-refractivity contribution in [1.29, 1.82) is 0 Å². The maximum absolute atomic E-state index is 12.2. The summed E-state index contributed by atoms with van der Waals surface area (Å²) in [5.74, 6) is 0.162. The zero-order valence-electron chi connectivity index (χ0n) is 10.6. The Morgan fingerprint density at radius 2 is 1.61 bits per heavy atom. The first-order chi connectivity index (χ1) is 8.31. The molecule has 1 amide bonds. The lowest BCUT2D eigenvalue weighted by atomic mass is 10.1. The molecule has 0 aliphatic carbocycles. The van der Waals surface area contributed by atoms with Crippen molar-refractivity contribution >= 4 is 18.3 Å². The van der Waals surface area contributed by atoms with Gasteiger partial charge in [-0.15, -0.1) is 12.4 Å². The van der Waals surface area contributed by atoms with Gasteiger partial charge in [-0.1, -0.05) is 25.0 Å². The van der Waals surface area contributed by atoms with E-state index in [1.807, 2.05) is 29.2 Å². The van der Waals surface area contributed by atoms with E-state index in [9.17, 15) is 4.79 Å². The zero-order valence-corrected chi connectivity index (χ0v) is 11.4. The lowest BCUT2D eigenvalue weighted by Crippen LogP contribution is -2.31. The normalized spacial score (nSPS) is 15.7. The summed E-state index contributed by atoms with van der Waals surface area (Å²) in [5, 5.41) is 0. The predicted octanol–water partition coefficient (Wildman–Crippen LogP) is 2.58. The largest absolute Gasteiger partial charge is 0.339 e. The summed E-state index contributed by atoms with van der Waals surface area (Å²) >= 11 is 0. The first-order valence-electron chi connectivity index (χ1n) is 6.39. The minimum absolute atomic E-state index is 0. The van der Waals surface area contributed by atoms with Gasteiger partial charge in [-0.2, -0.15) is 0 Å². The Labute approximate surface area is 115 Å². The summed E-state index contributed by atoms with van der Waals surface area (Å²) in [6, 6.07) is 7.64. The van der Waals surface area contributed by atoms with Crippen LogP contribution in [0, 0.1) is 0 Å². The Bertz CT molecular complexity index is 370. The van der Waals surface area contributed by atoms with Gasteiger partial charge in [-0.05, 0) is 30.5 Å². The smallest absolute Gasteiger partial charge is 0.253 e. The Morgan fingerprint density at radius 1 is 1.06 bits per heavy atom. The summed E-state index contributed by atoms with van der Waals surface area (Å²) < 4.78 is 0. The number of halogens is 1. The molecule has 0 saturated carbocycles. The van der Waals surface area contributed by atoms with Crippen molar-refractivity contribution < 1.29 is 4.79 Å². The van der Waals surface area contributed by atoms with Crippen molar-refractivity contribution in [1.82, 2.24) is 4.90 Å². The van der Waals surface area contributed by atoms with Crippen LogP contribution in [-0.4, -0.2) is 23.9 Å². The first kappa shape index (κ1) is 15.0. The highest BCUT2D eigenvalue weighted by Gasteiger charge is 2.16. The van der Waals surface area contributed by atoms with Gasteiger partial charge in [0.2, 0.25) is 0 Å². The van der Waals surface area contributed by atoms with E-state index >= 15 is 0 Å². The molecule has 0 unspecified atom stereocenters. The van der Waals surface area contributed by atoms with Gasteiger partial charge in [-0.25, -0.2) is 0 Å². The molecule has 1 aromatic carbocycles. The van der Waals surface area contributed by atoms with E-state index in [4.69, 9.17) is 5.73 Å². The quantitative estimate of drug-likeness (QED) is 0.896. The van der Waals surface area contributed by atoms with Crippen LogP contribution in [0.3, 0.4) is 0 Å². The molecule has 3 nitrogen and oxygen atoms in total. The highest BCUT2D eigenvalue weighted by molar-refractivity contribution is 5.94. The number of benzene rings is 1. The highest BCUT2D eigenvalue weighted by atomic mass is 35.5. The second kappa shape index (κ2) is 7.39. The van der Waals surface area contributed by atoms with E-state index in [0.717, 1.165) is 37.1 Å². The van der Waals surface area contributed by atoms with Crippen molar-refractivity contribution in [2.24, 2.45) is 5.73 Å². The first-order valence-corrected chi connectivity index (χ1v) is 6.39. The van der Waals surface area contributed by atoms with Crippen LogP contribution in [0.5, 0.6) is 0 Å². The molecule has 1 aliphatic rings. The van der Waals surface area contributed by atoms with E-state index < -0.39 is 0 Å². The second-order valence-corrected chi connectivity index (χ2v) is 4.61. The number of likely N-dealkylation sites (tertiary alicyclic amines) is 1. The van der Waals surface area contributed by atoms with Crippen molar-refractivity contribution in [3.8, 4) is 0 Å². The zero-order chi connectivity index (χ0) is 12.1. The second-order valence-electron chi connectivity index (χ2n) is 4.61. The highest BCUT2D eigenvalue weighted by Crippen LogP contribution is 2.13. The van der Waals surface area contributed by atoms with Crippen molar-refractivity contribution in [2.45, 2.75) is 32.2 Å². The molecule has 0 radical (unpaired) electrons. The van der Waals surface area contributed by atoms with Crippen molar-refractivity contribution in [2.75, 3.05) is 13.1 Å². The third-order valence-corrected chi connectivity index (χ3v) is 3.33. The van der Waals surface area contributed by atoms with Gasteiger partial charge >= 0.3 is 0 Å². The maximum Gasteiger partial charge on any atom is 0.253 e. The number of nitrogens with zero attached hydrogens (tertiary/aromatic N) is 1. The van der Waals surface area contributed by atoms with Gasteiger partial charge < -0.3 is 10.6 Å². The van der Waals surface area contributed by atoms with E-state index in [0.29, 0.717) is 6.54 Å². The van der Waals surface area contributed by atoms with Crippen LogP contribution in [0.1, 0.15) is 41.6 Å². The number of nitrogens with two attached hydrogens (primary N) is 1. The summed E-state index contributed by atoms with van der Waals surface area (Å²) in [6.07, 6.45) is 4.75. The fraction of sp³-hybridized carbons (Fsp3) is 0.500. The lowest BCUT2D eigenvalue weighted by Gasteiger charge is -2.20. The molecular weight excluding hydrogens is 248 g/mol. The van der Waals surface area contributed by atoms with E-state index in [1.165, 1.54) is 12.8 Å². The molecule has 18 heavy (non-hydrogen) atoms. The summed E-state index contributed by atoms with van der Waals surface area (Å²) in [5.41, 5.74) is 7.39. The average molecular weight is 269 g/mol. The van der Waals surface area contributed by atoms with Gasteiger partial charge in [-0.3, -0.25) is 4.79 Å². The predicted molar refractivity (Wildman–Crippen MR) is 76.0 cm³/mol. The third kappa shape index (κ3) is 3.72. The Morgan fingerprint density at radius 3 is 2.11 bits per heavy atom. The van der Waals surface area contributed by atoms with Gasteiger partial charge in [0.15, 0.2) is 0 Å². The third-order valence-electron chi connectivity index (χ3n) is 3.33. The molecule has 1 fully saturated rings. The number of hydrogen-bond acceptors (Lipinski definition) is 2. The number of hydrogen-bond donors (Lipinski definition) is 1. The van der Waals surface area contributed by atoms with Crippen molar-refractivity contribution in [3.05, 3.63) is 35.4 Å². The molecule has 4 heteroatoms. The van der Waals surface area contributed by atoms with E-state index in [2.05, 4.69) is 0 Å². The molecule has 100 valence electrons. The topological polar surface area (TPSA) is 46.3 Å². The molecule has 2 N–H and O–H groups in total. The lowest BCUT2D eigenvalue weighted by molar-refractivity contribution is 0.0761. The fourth-order valence-electron chi connectivity index (χ4n) is 2.24. The summed E-state index contributed by atoms with van der Waals surface area (Å²) in [6.45, 7) is 2.33. The number of rotatable bonds is 2. The molecule has 0 atom stereocenters. The Hall–Kier alpha value is -1.06. The Balaban J connectivity index is 0.00000162. The number of carbonyl (C=O) groups excluding carboxylic acids is 1. The minimum Gasteiger partial charge on any atom is -0.339 e. The van der Waals surface area contributed by atoms with Gasteiger partial charge in [0.05, 0.1) is 0 Å². The number of amides is 1. The van der Waals surface area contributed by atoms with Gasteiger partial charge in [0.1, 0.15) is 0 Å². The molecule has 1 aliphatic heterocycles. The van der Waals surface area contributed by atoms with Crippen LogP contribution in [0.15, 0.2) is 24.3 Å². The van der Waals surface area contributed by atoms with Crippen molar-refractivity contribution in [3.63, 3.8) is 0 Å². The monoisotopic (exact) mass is 268 g/mol. The van der Waals surface area contributed by atoms with Gasteiger partial charge in [0.25, 0.3) is 5.91 Å². The molecule has 2 rings (SSSR count). The Kier molecular flexibility index (Phi) is 6.16. The van der Waals surface area contributed by atoms with Crippen LogP contribution in [0.2, 0.25) is 0 Å². The molecular formula is C14H21ClN2O.